The zero-order valence-corrected chi connectivity index (χ0v) is 11.2. The predicted molar refractivity (Wildman–Crippen MR) is 65.9 cm³/mol. The molecular formula is C12H22N2O4. The van der Waals surface area contributed by atoms with Crippen molar-refractivity contribution in [3.8, 4) is 0 Å². The van der Waals surface area contributed by atoms with Crippen molar-refractivity contribution < 1.29 is 19.4 Å². The first-order chi connectivity index (χ1) is 8.19. The quantitative estimate of drug-likeness (QED) is 0.780. The largest absolute Gasteiger partial charge is 0.481 e. The minimum Gasteiger partial charge on any atom is -0.481 e. The van der Waals surface area contributed by atoms with Crippen LogP contribution in [0.15, 0.2) is 0 Å². The van der Waals surface area contributed by atoms with Crippen LogP contribution in [-0.4, -0.2) is 40.4 Å². The second kappa shape index (κ2) is 5.56. The lowest BCUT2D eigenvalue weighted by Crippen LogP contribution is -2.52. The summed E-state index contributed by atoms with van der Waals surface area (Å²) in [6.07, 6.45) is 0.377. The molecule has 0 aliphatic carbocycles. The van der Waals surface area contributed by atoms with Gasteiger partial charge in [-0.1, -0.05) is 0 Å². The minimum absolute atomic E-state index is 0.0381. The maximum atomic E-state index is 11.9. The van der Waals surface area contributed by atoms with Crippen LogP contribution in [0.3, 0.4) is 0 Å². The first-order valence-corrected chi connectivity index (χ1v) is 6.16. The van der Waals surface area contributed by atoms with E-state index in [1.165, 1.54) is 4.90 Å². The van der Waals surface area contributed by atoms with Crippen LogP contribution in [0.2, 0.25) is 0 Å². The van der Waals surface area contributed by atoms with Crippen LogP contribution < -0.4 is 5.73 Å². The molecule has 0 saturated carbocycles. The van der Waals surface area contributed by atoms with Crippen molar-refractivity contribution >= 4 is 12.1 Å². The molecule has 0 aromatic rings. The van der Waals surface area contributed by atoms with Crippen LogP contribution in [0.1, 0.15) is 40.0 Å². The number of nitrogens with zero attached hydrogens (tertiary/aromatic N) is 1. The monoisotopic (exact) mass is 258 g/mol. The number of amides is 1. The molecule has 2 atom stereocenters. The number of piperidine rings is 1. The van der Waals surface area contributed by atoms with Gasteiger partial charge in [0.25, 0.3) is 0 Å². The molecule has 104 valence electrons. The van der Waals surface area contributed by atoms with Gasteiger partial charge < -0.3 is 15.6 Å². The van der Waals surface area contributed by atoms with E-state index in [1.54, 1.807) is 20.8 Å². The summed E-state index contributed by atoms with van der Waals surface area (Å²) >= 11 is 0. The van der Waals surface area contributed by atoms with Gasteiger partial charge in [0.1, 0.15) is 5.60 Å². The van der Waals surface area contributed by atoms with Gasteiger partial charge in [-0.25, -0.2) is 4.79 Å². The second-order valence-electron chi connectivity index (χ2n) is 5.73. The summed E-state index contributed by atoms with van der Waals surface area (Å²) in [7, 11) is 0. The summed E-state index contributed by atoms with van der Waals surface area (Å²) in [6, 6.07) is 0. The summed E-state index contributed by atoms with van der Waals surface area (Å²) in [6.45, 7) is 5.85. The molecule has 1 aliphatic rings. The van der Waals surface area contributed by atoms with Gasteiger partial charge in [-0.2, -0.15) is 0 Å². The van der Waals surface area contributed by atoms with Crippen molar-refractivity contribution in [3.05, 3.63) is 0 Å². The molecule has 0 aromatic heterocycles. The maximum absolute atomic E-state index is 11.9. The molecule has 6 nitrogen and oxygen atoms in total. The Balaban J connectivity index is 2.52. The minimum atomic E-state index is -0.821. The highest BCUT2D eigenvalue weighted by molar-refractivity contribution is 5.69. The van der Waals surface area contributed by atoms with Crippen LogP contribution >= 0.6 is 0 Å². The Morgan fingerprint density at radius 3 is 2.50 bits per heavy atom. The van der Waals surface area contributed by atoms with Gasteiger partial charge in [0.2, 0.25) is 0 Å². The third-order valence-electron chi connectivity index (χ3n) is 2.84. The van der Waals surface area contributed by atoms with Crippen LogP contribution in [0.5, 0.6) is 0 Å². The molecule has 1 rings (SSSR count). The van der Waals surface area contributed by atoms with Crippen molar-refractivity contribution in [2.45, 2.75) is 51.8 Å². The molecule has 1 saturated heterocycles. The van der Waals surface area contributed by atoms with Gasteiger partial charge in [-0.3, -0.25) is 9.69 Å². The fraction of sp³-hybridized carbons (Fsp3) is 0.833. The number of ether oxygens (including phenoxy) is 1. The molecule has 1 fully saturated rings. The van der Waals surface area contributed by atoms with Gasteiger partial charge in [-0.05, 0) is 39.5 Å². The highest BCUT2D eigenvalue weighted by Gasteiger charge is 2.32. The van der Waals surface area contributed by atoms with Crippen molar-refractivity contribution in [1.82, 2.24) is 4.90 Å². The molecule has 0 bridgehead atoms. The molecule has 1 heterocycles. The number of nitrogens with two attached hydrogens (primary N) is 1. The Bertz CT molecular complexity index is 325. The summed E-state index contributed by atoms with van der Waals surface area (Å²) in [5.41, 5.74) is 5.35. The number of carbonyl (C=O) groups is 2. The molecule has 1 aliphatic heterocycles. The first-order valence-electron chi connectivity index (χ1n) is 6.16. The van der Waals surface area contributed by atoms with E-state index in [-0.39, 0.29) is 12.3 Å². The Kier molecular flexibility index (Phi) is 4.56. The van der Waals surface area contributed by atoms with Crippen LogP contribution in [0.25, 0.3) is 0 Å². The smallest absolute Gasteiger partial charge is 0.411 e. The van der Waals surface area contributed by atoms with E-state index in [0.717, 1.165) is 0 Å². The summed E-state index contributed by atoms with van der Waals surface area (Å²) in [5, 5.41) is 8.73. The molecule has 1 amide bonds. The molecule has 0 radical (unpaired) electrons. The van der Waals surface area contributed by atoms with Gasteiger partial charge in [0.05, 0.1) is 6.17 Å². The summed E-state index contributed by atoms with van der Waals surface area (Å²) < 4.78 is 5.25. The Morgan fingerprint density at radius 1 is 1.44 bits per heavy atom. The molecule has 18 heavy (non-hydrogen) atoms. The van der Waals surface area contributed by atoms with Gasteiger partial charge in [-0.15, -0.1) is 0 Å². The number of likely N-dealkylation sites (tertiary alicyclic amines) is 1. The standard InChI is InChI=1S/C12H22N2O4/c1-12(2,3)18-11(17)14-5-4-8(6-9(14)13)7-10(15)16/h8-9H,4-7,13H2,1-3H3,(H,15,16)/t8-,9+/m1/s1. The Morgan fingerprint density at radius 2 is 2.06 bits per heavy atom. The number of rotatable bonds is 2. The number of hydrogen-bond acceptors (Lipinski definition) is 4. The molecule has 6 heteroatoms. The van der Waals surface area contributed by atoms with Crippen LogP contribution in [-0.2, 0) is 9.53 Å². The fourth-order valence-electron chi connectivity index (χ4n) is 2.05. The fourth-order valence-corrected chi connectivity index (χ4v) is 2.05. The average molecular weight is 258 g/mol. The van der Waals surface area contributed by atoms with Crippen molar-refractivity contribution in [3.63, 3.8) is 0 Å². The normalized spacial score (nSPS) is 24.8. The number of hydrogen-bond donors (Lipinski definition) is 2. The van der Waals surface area contributed by atoms with E-state index in [4.69, 9.17) is 15.6 Å². The van der Waals surface area contributed by atoms with Gasteiger partial charge in [0, 0.05) is 13.0 Å². The number of aliphatic carboxylic acids is 1. The van der Waals surface area contributed by atoms with E-state index in [2.05, 4.69) is 0 Å². The van der Waals surface area contributed by atoms with E-state index in [9.17, 15) is 9.59 Å². The molecule has 0 aromatic carbocycles. The highest BCUT2D eigenvalue weighted by Crippen LogP contribution is 2.24. The van der Waals surface area contributed by atoms with E-state index >= 15 is 0 Å². The SMILES string of the molecule is CC(C)(C)OC(=O)N1CC[C@@H](CC(=O)O)C[C@H]1N. The Hall–Kier alpha value is -1.30. The van der Waals surface area contributed by atoms with E-state index in [0.29, 0.717) is 19.4 Å². The van der Waals surface area contributed by atoms with Crippen LogP contribution in [0, 0.1) is 5.92 Å². The number of carboxylic acid groups (broad SMARTS) is 1. The third-order valence-corrected chi connectivity index (χ3v) is 2.84. The second-order valence-corrected chi connectivity index (χ2v) is 5.73. The van der Waals surface area contributed by atoms with Crippen molar-refractivity contribution in [2.24, 2.45) is 11.7 Å². The molecule has 0 unspecified atom stereocenters. The molecule has 0 spiro atoms. The lowest BCUT2D eigenvalue weighted by molar-refractivity contribution is -0.138. The van der Waals surface area contributed by atoms with Crippen molar-refractivity contribution in [2.75, 3.05) is 6.54 Å². The van der Waals surface area contributed by atoms with Gasteiger partial charge >= 0.3 is 12.1 Å². The number of carbonyl (C=O) groups excluding carboxylic acids is 1. The highest BCUT2D eigenvalue weighted by atomic mass is 16.6. The topological polar surface area (TPSA) is 92.9 Å². The third kappa shape index (κ3) is 4.52. The molecule has 3 N–H and O–H groups in total. The zero-order valence-electron chi connectivity index (χ0n) is 11.2. The summed E-state index contributed by atoms with van der Waals surface area (Å²) in [4.78, 5) is 24.0. The van der Waals surface area contributed by atoms with E-state index in [1.807, 2.05) is 0 Å². The van der Waals surface area contributed by atoms with Gasteiger partial charge in [0.15, 0.2) is 0 Å². The lowest BCUT2D eigenvalue weighted by Gasteiger charge is -2.37. The Labute approximate surface area is 107 Å². The van der Waals surface area contributed by atoms with E-state index < -0.39 is 23.8 Å². The summed E-state index contributed by atoms with van der Waals surface area (Å²) in [5.74, 6) is -0.783. The first kappa shape index (κ1) is 14.8. The predicted octanol–water partition coefficient (Wildman–Crippen LogP) is 1.39. The van der Waals surface area contributed by atoms with Crippen molar-refractivity contribution in [1.29, 1.82) is 0 Å². The van der Waals surface area contributed by atoms with Crippen LogP contribution in [0.4, 0.5) is 4.79 Å². The maximum Gasteiger partial charge on any atom is 0.411 e. The average Bonchev–Trinajstić information content (AvgIpc) is 2.13. The lowest BCUT2D eigenvalue weighted by atomic mass is 9.92. The zero-order chi connectivity index (χ0) is 13.9. The molecular weight excluding hydrogens is 236 g/mol. The number of carboxylic acids is 1.